The van der Waals surface area contributed by atoms with Crippen LogP contribution in [-0.2, 0) is 38.0 Å². The smallest absolute Gasteiger partial charge is 0.306 e. The summed E-state index contributed by atoms with van der Waals surface area (Å²) in [5.41, 5.74) is 0. The molecule has 2 aliphatic heterocycles. The molecule has 2 heterocycles. The minimum atomic E-state index is -1.77. The number of rotatable bonds is 35. The van der Waals surface area contributed by atoms with Crippen molar-refractivity contribution in [2.45, 2.75) is 223 Å². The molecule has 0 aromatic heterocycles. The average molecular weight is 887 g/mol. The first-order valence-corrected chi connectivity index (χ1v) is 23.6. The maximum atomic E-state index is 12.9. The largest absolute Gasteiger partial charge is 0.462 e. The van der Waals surface area contributed by atoms with Crippen molar-refractivity contribution in [3.8, 4) is 0 Å². The van der Waals surface area contributed by atoms with Crippen LogP contribution in [0.2, 0.25) is 0 Å². The monoisotopic (exact) mass is 887 g/mol. The van der Waals surface area contributed by atoms with Crippen LogP contribution in [0.1, 0.15) is 155 Å². The molecule has 0 aliphatic carbocycles. The van der Waals surface area contributed by atoms with Gasteiger partial charge < -0.3 is 64.2 Å². The molecule has 11 atom stereocenters. The van der Waals surface area contributed by atoms with Crippen LogP contribution in [0.5, 0.6) is 0 Å². The number of carbonyl (C=O) groups excluding carboxylic acids is 2. The SMILES string of the molecule is CCCCCCCC/C=C/C/C=C/C/C=C/CCCC(=O)OC[C@@H](CO[C@@H]1O[C@H](CO[C@@H]2O[C@H](CO)[C@H](O)C(O)C2O)[C@H](O)C(O)C1O)OC(=O)CCCCCCCCCCC. The highest BCUT2D eigenvalue weighted by molar-refractivity contribution is 5.70. The van der Waals surface area contributed by atoms with Gasteiger partial charge in [0.1, 0.15) is 55.4 Å². The van der Waals surface area contributed by atoms with E-state index in [9.17, 15) is 45.3 Å². The molecule has 2 aliphatic rings. The highest BCUT2D eigenvalue weighted by atomic mass is 16.7. The Morgan fingerprint density at radius 3 is 1.56 bits per heavy atom. The molecular weight excluding hydrogens is 805 g/mol. The molecule has 62 heavy (non-hydrogen) atoms. The summed E-state index contributed by atoms with van der Waals surface area (Å²) >= 11 is 0. The van der Waals surface area contributed by atoms with Crippen LogP contribution in [0.3, 0.4) is 0 Å². The minimum absolute atomic E-state index is 0.147. The molecule has 4 unspecified atom stereocenters. The maximum Gasteiger partial charge on any atom is 0.306 e. The van der Waals surface area contributed by atoms with E-state index in [2.05, 4.69) is 44.2 Å². The van der Waals surface area contributed by atoms with Gasteiger partial charge in [-0.15, -0.1) is 0 Å². The van der Waals surface area contributed by atoms with Crippen LogP contribution in [0, 0.1) is 0 Å². The summed E-state index contributed by atoms with van der Waals surface area (Å²) < 4.78 is 33.4. The molecule has 15 nitrogen and oxygen atoms in total. The Morgan fingerprint density at radius 1 is 0.516 bits per heavy atom. The Labute approximate surface area is 370 Å². The van der Waals surface area contributed by atoms with Crippen LogP contribution >= 0.6 is 0 Å². The molecule has 0 spiro atoms. The zero-order valence-electron chi connectivity index (χ0n) is 37.6. The number of carbonyl (C=O) groups is 2. The third-order valence-corrected chi connectivity index (χ3v) is 11.1. The van der Waals surface area contributed by atoms with Gasteiger partial charge in [-0.3, -0.25) is 9.59 Å². The highest BCUT2D eigenvalue weighted by Crippen LogP contribution is 2.26. The van der Waals surface area contributed by atoms with Gasteiger partial charge in [-0.1, -0.05) is 134 Å². The number of aliphatic hydroxyl groups excluding tert-OH is 7. The zero-order chi connectivity index (χ0) is 45.4. The molecule has 7 N–H and O–H groups in total. The summed E-state index contributed by atoms with van der Waals surface area (Å²) in [5.74, 6) is -0.990. The molecule has 2 saturated heterocycles. The van der Waals surface area contributed by atoms with E-state index in [0.29, 0.717) is 19.3 Å². The van der Waals surface area contributed by atoms with Crippen LogP contribution in [0.15, 0.2) is 36.5 Å². The van der Waals surface area contributed by atoms with Crippen molar-refractivity contribution in [3.05, 3.63) is 36.5 Å². The van der Waals surface area contributed by atoms with Gasteiger partial charge in [-0.25, -0.2) is 0 Å². The summed E-state index contributed by atoms with van der Waals surface area (Å²) in [7, 11) is 0. The normalized spacial score (nSPS) is 27.4. The van der Waals surface area contributed by atoms with Crippen LogP contribution in [-0.4, -0.2) is 142 Å². The molecule has 0 amide bonds. The van der Waals surface area contributed by atoms with E-state index in [-0.39, 0.29) is 19.4 Å². The van der Waals surface area contributed by atoms with Gasteiger partial charge in [0.2, 0.25) is 0 Å². The zero-order valence-corrected chi connectivity index (χ0v) is 37.6. The number of allylic oxidation sites excluding steroid dienone is 6. The lowest BCUT2D eigenvalue weighted by Gasteiger charge is -2.42. The molecule has 0 radical (unpaired) electrons. The van der Waals surface area contributed by atoms with E-state index in [1.807, 2.05) is 6.08 Å². The number of aliphatic hydroxyl groups is 7. The Hall–Kier alpha value is -2.28. The van der Waals surface area contributed by atoms with E-state index in [0.717, 1.165) is 38.5 Å². The number of esters is 2. The predicted octanol–water partition coefficient (Wildman–Crippen LogP) is 5.37. The Morgan fingerprint density at radius 2 is 0.984 bits per heavy atom. The van der Waals surface area contributed by atoms with Gasteiger partial charge in [0.05, 0.1) is 19.8 Å². The number of hydrogen-bond donors (Lipinski definition) is 7. The van der Waals surface area contributed by atoms with Crippen LogP contribution in [0.25, 0.3) is 0 Å². The lowest BCUT2D eigenvalue weighted by Crippen LogP contribution is -2.61. The summed E-state index contributed by atoms with van der Waals surface area (Å²) in [6.07, 6.45) is 17.8. The van der Waals surface area contributed by atoms with Gasteiger partial charge in [0, 0.05) is 12.8 Å². The molecule has 360 valence electrons. The first-order valence-electron chi connectivity index (χ1n) is 23.6. The second-order valence-electron chi connectivity index (χ2n) is 16.6. The van der Waals surface area contributed by atoms with E-state index >= 15 is 0 Å². The van der Waals surface area contributed by atoms with Crippen molar-refractivity contribution in [2.24, 2.45) is 0 Å². The fraction of sp³-hybridized carbons (Fsp3) is 0.830. The van der Waals surface area contributed by atoms with E-state index in [1.165, 1.54) is 70.6 Å². The second kappa shape index (κ2) is 35.0. The molecule has 0 saturated carbocycles. The maximum absolute atomic E-state index is 12.9. The van der Waals surface area contributed by atoms with E-state index in [1.54, 1.807) is 0 Å². The highest BCUT2D eigenvalue weighted by Gasteiger charge is 2.47. The number of unbranched alkanes of at least 4 members (excludes halogenated alkanes) is 15. The van der Waals surface area contributed by atoms with Crippen LogP contribution < -0.4 is 0 Å². The van der Waals surface area contributed by atoms with Crippen molar-refractivity contribution in [2.75, 3.05) is 26.4 Å². The first-order chi connectivity index (χ1) is 30.0. The molecule has 0 aromatic rings. The Balaban J connectivity index is 1.85. The molecule has 2 fully saturated rings. The predicted molar refractivity (Wildman–Crippen MR) is 234 cm³/mol. The van der Waals surface area contributed by atoms with Gasteiger partial charge >= 0.3 is 11.9 Å². The number of ether oxygens (including phenoxy) is 6. The standard InChI is InChI=1S/C47H82O15/c1-3-5-7-9-11-13-14-15-16-17-18-19-20-22-23-25-27-29-38(49)57-32-35(60-39(50)30-28-26-24-21-12-10-8-6-4-2)33-58-46-45(56)43(54)41(52)37(62-46)34-59-47-44(55)42(53)40(51)36(31-48)61-47/h15-16,18-19,22-23,35-37,40-48,51-56H,3-14,17,20-21,24-34H2,1-2H3/b16-15+,19-18+,23-22+/t35-,36+,37+,40-,41-,42?,43?,44?,45?,46+,47+/m0/s1. The lowest BCUT2D eigenvalue weighted by atomic mass is 9.98. The molecule has 2 rings (SSSR count). The van der Waals surface area contributed by atoms with Gasteiger partial charge in [-0.05, 0) is 44.9 Å². The Kier molecular flexibility index (Phi) is 31.6. The summed E-state index contributed by atoms with van der Waals surface area (Å²) in [6, 6.07) is 0. The summed E-state index contributed by atoms with van der Waals surface area (Å²) in [4.78, 5) is 25.6. The van der Waals surface area contributed by atoms with Gasteiger partial charge in [-0.2, -0.15) is 0 Å². The molecular formula is C47H82O15. The molecule has 0 aromatic carbocycles. The Bertz CT molecular complexity index is 1230. The quantitative estimate of drug-likeness (QED) is 0.0241. The second-order valence-corrected chi connectivity index (χ2v) is 16.6. The molecule has 0 bridgehead atoms. The summed E-state index contributed by atoms with van der Waals surface area (Å²) in [5, 5.41) is 71.8. The van der Waals surface area contributed by atoms with Crippen molar-refractivity contribution < 1.29 is 73.8 Å². The van der Waals surface area contributed by atoms with Crippen LogP contribution in [0.4, 0.5) is 0 Å². The summed E-state index contributed by atoms with van der Waals surface area (Å²) in [6.45, 7) is 2.48. The molecule has 15 heteroatoms. The van der Waals surface area contributed by atoms with Crippen molar-refractivity contribution in [1.29, 1.82) is 0 Å². The third-order valence-electron chi connectivity index (χ3n) is 11.1. The fourth-order valence-electron chi connectivity index (χ4n) is 7.17. The van der Waals surface area contributed by atoms with E-state index in [4.69, 9.17) is 28.4 Å². The fourth-order valence-corrected chi connectivity index (χ4v) is 7.17. The van der Waals surface area contributed by atoms with Gasteiger partial charge in [0.25, 0.3) is 0 Å². The van der Waals surface area contributed by atoms with Crippen molar-refractivity contribution in [3.63, 3.8) is 0 Å². The third kappa shape index (κ3) is 23.6. The van der Waals surface area contributed by atoms with E-state index < -0.39 is 99.3 Å². The topological polar surface area (TPSA) is 231 Å². The average Bonchev–Trinajstić information content (AvgIpc) is 3.26. The first kappa shape index (κ1) is 55.9. The van der Waals surface area contributed by atoms with Crippen molar-refractivity contribution in [1.82, 2.24) is 0 Å². The lowest BCUT2D eigenvalue weighted by molar-refractivity contribution is -0.332. The van der Waals surface area contributed by atoms with Gasteiger partial charge in [0.15, 0.2) is 18.7 Å². The van der Waals surface area contributed by atoms with Crippen molar-refractivity contribution >= 4 is 11.9 Å². The number of hydrogen-bond acceptors (Lipinski definition) is 15. The minimum Gasteiger partial charge on any atom is -0.462 e.